The van der Waals surface area contributed by atoms with Gasteiger partial charge in [-0.1, -0.05) is 0 Å². The zero-order valence-electron chi connectivity index (χ0n) is 8.54. The topological polar surface area (TPSA) is 63.8 Å². The van der Waals surface area contributed by atoms with Gasteiger partial charge in [0.05, 0.1) is 0 Å². The molecule has 5 nitrogen and oxygen atoms in total. The minimum absolute atomic E-state index is 0.0860. The van der Waals surface area contributed by atoms with Crippen LogP contribution >= 0.6 is 0 Å². The van der Waals surface area contributed by atoms with Crippen molar-refractivity contribution in [2.45, 2.75) is 13.0 Å². The standard InChI is InChI=1S/C10H11FN4O/c11-9-4-2-8(3-5-9)10-12-13-14-15(10)6-1-7-16/h2-5,16H,1,6-7H2. The molecule has 0 spiro atoms. The van der Waals surface area contributed by atoms with Gasteiger partial charge in [-0.2, -0.15) is 0 Å². The molecule has 0 unspecified atom stereocenters. The molecule has 1 N–H and O–H groups in total. The van der Waals surface area contributed by atoms with Crippen LogP contribution in [0.25, 0.3) is 11.4 Å². The lowest BCUT2D eigenvalue weighted by atomic mass is 10.2. The van der Waals surface area contributed by atoms with E-state index in [1.165, 1.54) is 12.1 Å². The second-order valence-corrected chi connectivity index (χ2v) is 3.31. The van der Waals surface area contributed by atoms with Crippen LogP contribution < -0.4 is 0 Å². The van der Waals surface area contributed by atoms with Gasteiger partial charge >= 0.3 is 0 Å². The van der Waals surface area contributed by atoms with Crippen molar-refractivity contribution in [2.75, 3.05) is 6.61 Å². The molecule has 0 aliphatic carbocycles. The van der Waals surface area contributed by atoms with E-state index in [2.05, 4.69) is 15.5 Å². The number of aliphatic hydroxyl groups excluding tert-OH is 1. The quantitative estimate of drug-likeness (QED) is 0.833. The number of aromatic nitrogens is 4. The molecule has 0 aliphatic heterocycles. The molecule has 0 bridgehead atoms. The Bertz CT molecular complexity index is 454. The van der Waals surface area contributed by atoms with Crippen LogP contribution in [0.3, 0.4) is 0 Å². The maximum absolute atomic E-state index is 12.7. The molecule has 84 valence electrons. The molecule has 2 rings (SSSR count). The van der Waals surface area contributed by atoms with Crippen molar-refractivity contribution in [1.29, 1.82) is 0 Å². The predicted molar refractivity (Wildman–Crippen MR) is 54.9 cm³/mol. The van der Waals surface area contributed by atoms with Crippen molar-refractivity contribution in [3.05, 3.63) is 30.1 Å². The maximum atomic E-state index is 12.7. The summed E-state index contributed by atoms with van der Waals surface area (Å²) in [6.45, 7) is 0.624. The SMILES string of the molecule is OCCCn1nnnc1-c1ccc(F)cc1. The van der Waals surface area contributed by atoms with Crippen molar-refractivity contribution >= 4 is 0 Å². The molecular formula is C10H11FN4O. The minimum Gasteiger partial charge on any atom is -0.396 e. The molecule has 6 heteroatoms. The summed E-state index contributed by atoms with van der Waals surface area (Å²) in [5.74, 6) is 0.284. The van der Waals surface area contributed by atoms with Crippen LogP contribution in [0.15, 0.2) is 24.3 Å². The molecule has 0 saturated heterocycles. The van der Waals surface area contributed by atoms with Gasteiger partial charge in [-0.15, -0.1) is 5.10 Å². The smallest absolute Gasteiger partial charge is 0.182 e. The molecule has 0 saturated carbocycles. The van der Waals surface area contributed by atoms with Gasteiger partial charge in [0.25, 0.3) is 0 Å². The molecule has 0 aliphatic rings. The Morgan fingerprint density at radius 3 is 2.69 bits per heavy atom. The lowest BCUT2D eigenvalue weighted by Gasteiger charge is -2.02. The lowest BCUT2D eigenvalue weighted by molar-refractivity contribution is 0.276. The molecule has 0 fully saturated rings. The van der Waals surface area contributed by atoms with E-state index in [0.717, 1.165) is 5.56 Å². The minimum atomic E-state index is -0.293. The van der Waals surface area contributed by atoms with Gasteiger partial charge in [-0.05, 0) is 41.1 Å². The van der Waals surface area contributed by atoms with Crippen molar-refractivity contribution in [3.8, 4) is 11.4 Å². The third kappa shape index (κ3) is 2.22. The zero-order valence-corrected chi connectivity index (χ0v) is 8.54. The summed E-state index contributed by atoms with van der Waals surface area (Å²) in [4.78, 5) is 0. The number of hydrogen-bond donors (Lipinski definition) is 1. The summed E-state index contributed by atoms with van der Waals surface area (Å²) in [5.41, 5.74) is 0.754. The van der Waals surface area contributed by atoms with Gasteiger partial charge in [-0.25, -0.2) is 9.07 Å². The predicted octanol–water partition coefficient (Wildman–Crippen LogP) is 0.862. The Kier molecular flexibility index (Phi) is 3.21. The van der Waals surface area contributed by atoms with Crippen molar-refractivity contribution < 1.29 is 9.50 Å². The van der Waals surface area contributed by atoms with Crippen LogP contribution in [-0.2, 0) is 6.54 Å². The van der Waals surface area contributed by atoms with Crippen LogP contribution in [0.5, 0.6) is 0 Å². The van der Waals surface area contributed by atoms with Gasteiger partial charge in [0.1, 0.15) is 5.82 Å². The molecule has 0 atom stereocenters. The molecule has 16 heavy (non-hydrogen) atoms. The zero-order chi connectivity index (χ0) is 11.4. The number of hydrogen-bond acceptors (Lipinski definition) is 4. The Morgan fingerprint density at radius 1 is 1.25 bits per heavy atom. The number of nitrogens with zero attached hydrogens (tertiary/aromatic N) is 4. The second-order valence-electron chi connectivity index (χ2n) is 3.31. The average molecular weight is 222 g/mol. The van der Waals surface area contributed by atoms with E-state index in [1.807, 2.05) is 0 Å². The summed E-state index contributed by atoms with van der Waals surface area (Å²) >= 11 is 0. The van der Waals surface area contributed by atoms with Crippen LogP contribution in [0.1, 0.15) is 6.42 Å². The fourth-order valence-corrected chi connectivity index (χ4v) is 1.38. The molecular weight excluding hydrogens is 211 g/mol. The summed E-state index contributed by atoms with van der Waals surface area (Å²) in [5, 5.41) is 20.0. The number of aryl methyl sites for hydroxylation is 1. The van der Waals surface area contributed by atoms with Gasteiger partial charge < -0.3 is 5.11 Å². The number of tetrazole rings is 1. The van der Waals surface area contributed by atoms with Crippen LogP contribution in [0.2, 0.25) is 0 Å². The molecule has 1 heterocycles. The van der Waals surface area contributed by atoms with E-state index in [0.29, 0.717) is 18.8 Å². The summed E-state index contributed by atoms with van der Waals surface area (Å²) in [7, 11) is 0. The Hall–Kier alpha value is -1.82. The van der Waals surface area contributed by atoms with E-state index in [-0.39, 0.29) is 12.4 Å². The van der Waals surface area contributed by atoms with E-state index >= 15 is 0 Å². The van der Waals surface area contributed by atoms with Crippen molar-refractivity contribution in [2.24, 2.45) is 0 Å². The van der Waals surface area contributed by atoms with E-state index < -0.39 is 0 Å². The lowest BCUT2D eigenvalue weighted by Crippen LogP contribution is -2.04. The monoisotopic (exact) mass is 222 g/mol. The Balaban J connectivity index is 2.26. The Morgan fingerprint density at radius 2 is 2.00 bits per heavy atom. The average Bonchev–Trinajstić information content (AvgIpc) is 2.75. The highest BCUT2D eigenvalue weighted by Gasteiger charge is 2.08. The van der Waals surface area contributed by atoms with Crippen LogP contribution in [0, 0.1) is 5.82 Å². The largest absolute Gasteiger partial charge is 0.396 e. The molecule has 0 radical (unpaired) electrons. The fourth-order valence-electron chi connectivity index (χ4n) is 1.38. The highest BCUT2D eigenvalue weighted by molar-refractivity contribution is 5.53. The molecule has 1 aromatic carbocycles. The Labute approximate surface area is 91.5 Å². The molecule has 0 amide bonds. The maximum Gasteiger partial charge on any atom is 0.182 e. The second kappa shape index (κ2) is 4.80. The fraction of sp³-hybridized carbons (Fsp3) is 0.300. The first kappa shape index (κ1) is 10.7. The number of halogens is 1. The van der Waals surface area contributed by atoms with E-state index in [9.17, 15) is 4.39 Å². The van der Waals surface area contributed by atoms with E-state index in [1.54, 1.807) is 16.8 Å². The van der Waals surface area contributed by atoms with Crippen molar-refractivity contribution in [3.63, 3.8) is 0 Å². The number of benzene rings is 1. The normalized spacial score (nSPS) is 10.6. The van der Waals surface area contributed by atoms with Gasteiger partial charge in [-0.3, -0.25) is 0 Å². The van der Waals surface area contributed by atoms with Crippen LogP contribution in [-0.4, -0.2) is 31.9 Å². The molecule has 1 aromatic heterocycles. The third-order valence-electron chi connectivity index (χ3n) is 2.16. The first-order valence-corrected chi connectivity index (χ1v) is 4.94. The first-order chi connectivity index (χ1) is 7.81. The van der Waals surface area contributed by atoms with Gasteiger partial charge in [0.15, 0.2) is 5.82 Å². The van der Waals surface area contributed by atoms with Gasteiger partial charge in [0, 0.05) is 18.7 Å². The van der Waals surface area contributed by atoms with Crippen LogP contribution in [0.4, 0.5) is 4.39 Å². The van der Waals surface area contributed by atoms with E-state index in [4.69, 9.17) is 5.11 Å². The highest BCUT2D eigenvalue weighted by Crippen LogP contribution is 2.15. The third-order valence-corrected chi connectivity index (χ3v) is 2.16. The molecule has 2 aromatic rings. The summed E-state index contributed by atoms with van der Waals surface area (Å²) in [6.07, 6.45) is 0.583. The highest BCUT2D eigenvalue weighted by atomic mass is 19.1. The number of rotatable bonds is 4. The van der Waals surface area contributed by atoms with Crippen molar-refractivity contribution in [1.82, 2.24) is 20.2 Å². The van der Waals surface area contributed by atoms with Gasteiger partial charge in [0.2, 0.25) is 0 Å². The first-order valence-electron chi connectivity index (χ1n) is 4.94. The summed E-state index contributed by atoms with van der Waals surface area (Å²) < 4.78 is 14.3. The summed E-state index contributed by atoms with van der Waals surface area (Å²) in [6, 6.07) is 5.97. The number of aliphatic hydroxyl groups is 1.